The van der Waals surface area contributed by atoms with Gasteiger partial charge in [0.1, 0.15) is 12.4 Å². The van der Waals surface area contributed by atoms with E-state index in [9.17, 15) is 18.3 Å². The topological polar surface area (TPSA) is 74.7 Å². The molecule has 0 fully saturated rings. The van der Waals surface area contributed by atoms with Crippen molar-refractivity contribution in [3.05, 3.63) is 47.5 Å². The maximum Gasteiger partial charge on any atom is 0.416 e. The van der Waals surface area contributed by atoms with Gasteiger partial charge in [0.05, 0.1) is 18.2 Å². The number of aromatic nitrogens is 3. The number of hydrogen-bond acceptors (Lipinski definition) is 4. The highest BCUT2D eigenvalue weighted by Gasteiger charge is 2.29. The minimum Gasteiger partial charge on any atom is -0.391 e. The van der Waals surface area contributed by atoms with Gasteiger partial charge in [0.25, 0.3) is 5.82 Å². The normalized spacial score (nSPS) is 12.9. The standard InChI is InChI=1S/C13H11F3N4O/c14-13(15,16)10-3-1-9(2-4-10)5-11(21)7-20-8-18-12(6-17)19-20/h1-4,8,11,21H,5,7H2. The zero-order chi connectivity index (χ0) is 15.5. The molecule has 2 aromatic rings. The Bertz CT molecular complexity index is 643. The molecule has 0 aliphatic rings. The van der Waals surface area contributed by atoms with Gasteiger partial charge in [0.15, 0.2) is 0 Å². The number of aliphatic hydroxyl groups excluding tert-OH is 1. The molecule has 1 atom stereocenters. The second-order valence-corrected chi connectivity index (χ2v) is 4.45. The van der Waals surface area contributed by atoms with Gasteiger partial charge in [-0.05, 0) is 17.7 Å². The summed E-state index contributed by atoms with van der Waals surface area (Å²) in [6.45, 7) is 0.107. The molecule has 5 nitrogen and oxygen atoms in total. The Kier molecular flexibility index (Phi) is 4.23. The Morgan fingerprint density at radius 1 is 1.29 bits per heavy atom. The summed E-state index contributed by atoms with van der Waals surface area (Å²) in [6, 6.07) is 6.37. The summed E-state index contributed by atoms with van der Waals surface area (Å²) < 4.78 is 38.5. The lowest BCUT2D eigenvalue weighted by Gasteiger charge is -2.11. The van der Waals surface area contributed by atoms with Crippen LogP contribution >= 0.6 is 0 Å². The molecule has 0 saturated heterocycles. The van der Waals surface area contributed by atoms with Gasteiger partial charge < -0.3 is 5.11 Å². The van der Waals surface area contributed by atoms with Crippen LogP contribution in [-0.4, -0.2) is 26.0 Å². The molecule has 1 heterocycles. The Hall–Kier alpha value is -2.40. The molecule has 0 spiro atoms. The van der Waals surface area contributed by atoms with Crippen molar-refractivity contribution in [1.82, 2.24) is 14.8 Å². The summed E-state index contributed by atoms with van der Waals surface area (Å²) in [4.78, 5) is 3.69. The lowest BCUT2D eigenvalue weighted by atomic mass is 10.1. The number of aliphatic hydroxyl groups is 1. The molecule has 8 heteroatoms. The summed E-state index contributed by atoms with van der Waals surface area (Å²) >= 11 is 0. The predicted molar refractivity (Wildman–Crippen MR) is 65.9 cm³/mol. The van der Waals surface area contributed by atoms with Crippen LogP contribution in [0, 0.1) is 11.3 Å². The highest BCUT2D eigenvalue weighted by atomic mass is 19.4. The summed E-state index contributed by atoms with van der Waals surface area (Å²) in [6.07, 6.45) is -3.71. The number of hydrogen-bond donors (Lipinski definition) is 1. The van der Waals surface area contributed by atoms with Crippen LogP contribution in [0.4, 0.5) is 13.2 Å². The van der Waals surface area contributed by atoms with Gasteiger partial charge in [0, 0.05) is 6.42 Å². The fraction of sp³-hybridized carbons (Fsp3) is 0.308. The number of nitriles is 1. The van der Waals surface area contributed by atoms with Crippen LogP contribution in [0.15, 0.2) is 30.6 Å². The third kappa shape index (κ3) is 4.03. The molecule has 0 amide bonds. The van der Waals surface area contributed by atoms with E-state index in [0.717, 1.165) is 12.1 Å². The van der Waals surface area contributed by atoms with Crippen LogP contribution < -0.4 is 0 Å². The summed E-state index contributed by atoms with van der Waals surface area (Å²) in [5.74, 6) is -0.00303. The summed E-state index contributed by atoms with van der Waals surface area (Å²) in [5.41, 5.74) is -0.146. The van der Waals surface area contributed by atoms with Crippen molar-refractivity contribution < 1.29 is 18.3 Å². The third-order valence-corrected chi connectivity index (χ3v) is 2.79. The zero-order valence-electron chi connectivity index (χ0n) is 10.7. The van der Waals surface area contributed by atoms with E-state index in [2.05, 4.69) is 10.1 Å². The highest BCUT2D eigenvalue weighted by Crippen LogP contribution is 2.29. The van der Waals surface area contributed by atoms with Crippen molar-refractivity contribution >= 4 is 0 Å². The first kappa shape index (κ1) is 15.0. The van der Waals surface area contributed by atoms with Crippen molar-refractivity contribution in [2.45, 2.75) is 25.2 Å². The molecular weight excluding hydrogens is 285 g/mol. The molecule has 0 saturated carbocycles. The smallest absolute Gasteiger partial charge is 0.391 e. The van der Waals surface area contributed by atoms with Gasteiger partial charge in [-0.1, -0.05) is 12.1 Å². The van der Waals surface area contributed by atoms with Crippen molar-refractivity contribution in [2.75, 3.05) is 0 Å². The van der Waals surface area contributed by atoms with Crippen LogP contribution in [0.3, 0.4) is 0 Å². The maximum absolute atomic E-state index is 12.4. The van der Waals surface area contributed by atoms with Gasteiger partial charge in [-0.2, -0.15) is 18.4 Å². The lowest BCUT2D eigenvalue weighted by Crippen LogP contribution is -2.19. The molecule has 1 aromatic carbocycles. The number of alkyl halides is 3. The third-order valence-electron chi connectivity index (χ3n) is 2.79. The van der Waals surface area contributed by atoms with Gasteiger partial charge in [-0.3, -0.25) is 0 Å². The molecule has 1 aromatic heterocycles. The molecular formula is C13H11F3N4O. The molecule has 1 unspecified atom stereocenters. The van der Waals surface area contributed by atoms with Crippen molar-refractivity contribution in [1.29, 1.82) is 5.26 Å². The SMILES string of the molecule is N#Cc1ncn(CC(O)Cc2ccc(C(F)(F)F)cc2)n1. The van der Waals surface area contributed by atoms with Crippen molar-refractivity contribution in [3.8, 4) is 6.07 Å². The van der Waals surface area contributed by atoms with E-state index in [1.807, 2.05) is 0 Å². The van der Waals surface area contributed by atoms with E-state index in [1.54, 1.807) is 6.07 Å². The molecule has 0 aliphatic heterocycles. The fourth-order valence-corrected chi connectivity index (χ4v) is 1.82. The Morgan fingerprint density at radius 2 is 1.95 bits per heavy atom. The van der Waals surface area contributed by atoms with E-state index in [1.165, 1.54) is 23.1 Å². The van der Waals surface area contributed by atoms with E-state index < -0.39 is 17.8 Å². The first-order valence-electron chi connectivity index (χ1n) is 6.02. The molecule has 21 heavy (non-hydrogen) atoms. The quantitative estimate of drug-likeness (QED) is 0.933. The molecule has 1 N–H and O–H groups in total. The predicted octanol–water partition coefficient (Wildman–Crippen LogP) is 1.77. The number of rotatable bonds is 4. The van der Waals surface area contributed by atoms with Crippen LogP contribution in [0.5, 0.6) is 0 Å². The number of benzene rings is 1. The second kappa shape index (κ2) is 5.93. The van der Waals surface area contributed by atoms with E-state index in [0.29, 0.717) is 5.56 Å². The van der Waals surface area contributed by atoms with Gasteiger partial charge >= 0.3 is 6.18 Å². The van der Waals surface area contributed by atoms with Crippen LogP contribution in [0.1, 0.15) is 17.0 Å². The van der Waals surface area contributed by atoms with Crippen molar-refractivity contribution in [2.24, 2.45) is 0 Å². The van der Waals surface area contributed by atoms with Crippen LogP contribution in [-0.2, 0) is 19.1 Å². The zero-order valence-corrected chi connectivity index (χ0v) is 10.7. The largest absolute Gasteiger partial charge is 0.416 e. The monoisotopic (exact) mass is 296 g/mol. The highest BCUT2D eigenvalue weighted by molar-refractivity contribution is 5.25. The second-order valence-electron chi connectivity index (χ2n) is 4.45. The number of halogens is 3. The first-order valence-corrected chi connectivity index (χ1v) is 6.02. The van der Waals surface area contributed by atoms with Crippen LogP contribution in [0.2, 0.25) is 0 Å². The van der Waals surface area contributed by atoms with Crippen molar-refractivity contribution in [3.63, 3.8) is 0 Å². The summed E-state index contributed by atoms with van der Waals surface area (Å²) in [7, 11) is 0. The Morgan fingerprint density at radius 3 is 2.48 bits per heavy atom. The molecule has 0 radical (unpaired) electrons. The molecule has 110 valence electrons. The lowest BCUT2D eigenvalue weighted by molar-refractivity contribution is -0.137. The maximum atomic E-state index is 12.4. The van der Waals surface area contributed by atoms with E-state index in [-0.39, 0.29) is 18.8 Å². The molecule has 0 aliphatic carbocycles. The minimum absolute atomic E-state index is 0.00303. The van der Waals surface area contributed by atoms with Gasteiger partial charge in [-0.15, -0.1) is 5.10 Å². The van der Waals surface area contributed by atoms with Crippen LogP contribution in [0.25, 0.3) is 0 Å². The van der Waals surface area contributed by atoms with Gasteiger partial charge in [-0.25, -0.2) is 9.67 Å². The Labute approximate surface area is 118 Å². The molecule has 2 rings (SSSR count). The minimum atomic E-state index is -4.37. The average Bonchev–Trinajstić information content (AvgIpc) is 2.85. The summed E-state index contributed by atoms with van der Waals surface area (Å²) in [5, 5.41) is 22.2. The fourth-order valence-electron chi connectivity index (χ4n) is 1.82. The number of nitrogens with zero attached hydrogens (tertiary/aromatic N) is 4. The van der Waals surface area contributed by atoms with Gasteiger partial charge in [0.2, 0.25) is 0 Å². The first-order chi connectivity index (χ1) is 9.88. The molecule has 0 bridgehead atoms. The average molecular weight is 296 g/mol. The van der Waals surface area contributed by atoms with E-state index in [4.69, 9.17) is 5.26 Å². The Balaban J connectivity index is 1.96. The van der Waals surface area contributed by atoms with E-state index >= 15 is 0 Å².